The molecule has 0 radical (unpaired) electrons. The quantitative estimate of drug-likeness (QED) is 0.737. The van der Waals surface area contributed by atoms with Crippen molar-refractivity contribution in [3.63, 3.8) is 0 Å². The Morgan fingerprint density at radius 3 is 2.78 bits per heavy atom. The van der Waals surface area contributed by atoms with E-state index < -0.39 is 0 Å². The van der Waals surface area contributed by atoms with Gasteiger partial charge in [-0.05, 0) is 77.9 Å². The third-order valence-electron chi connectivity index (χ3n) is 3.66. The number of ether oxygens (including phenoxy) is 2. The summed E-state index contributed by atoms with van der Waals surface area (Å²) in [7, 11) is 0. The van der Waals surface area contributed by atoms with Crippen LogP contribution in [0.5, 0.6) is 5.75 Å². The van der Waals surface area contributed by atoms with E-state index in [4.69, 9.17) is 9.47 Å². The highest BCUT2D eigenvalue weighted by Crippen LogP contribution is 2.18. The lowest BCUT2D eigenvalue weighted by Crippen LogP contribution is -2.16. The summed E-state index contributed by atoms with van der Waals surface area (Å²) in [6.07, 6.45) is 2.35. The smallest absolute Gasteiger partial charge is 0.255 e. The highest BCUT2D eigenvalue weighted by molar-refractivity contribution is 14.1. The summed E-state index contributed by atoms with van der Waals surface area (Å²) in [4.78, 5) is 12.2. The van der Waals surface area contributed by atoms with Crippen molar-refractivity contribution in [1.29, 1.82) is 0 Å². The molecule has 3 rings (SSSR count). The van der Waals surface area contributed by atoms with Gasteiger partial charge in [-0.2, -0.15) is 0 Å². The second-order valence-electron chi connectivity index (χ2n) is 5.43. The van der Waals surface area contributed by atoms with Gasteiger partial charge in [0.25, 0.3) is 5.91 Å². The first-order valence-electron chi connectivity index (χ1n) is 7.62. The highest BCUT2D eigenvalue weighted by Gasteiger charge is 2.16. The Morgan fingerprint density at radius 1 is 1.26 bits per heavy atom. The molecular formula is C18H18INO3. The molecule has 0 unspecified atom stereocenters. The van der Waals surface area contributed by atoms with Crippen LogP contribution in [0.15, 0.2) is 48.5 Å². The van der Waals surface area contributed by atoms with E-state index in [1.165, 1.54) is 0 Å². The fourth-order valence-electron chi connectivity index (χ4n) is 2.44. The van der Waals surface area contributed by atoms with Crippen LogP contribution in [0.1, 0.15) is 23.2 Å². The van der Waals surface area contributed by atoms with Crippen LogP contribution in [0.3, 0.4) is 0 Å². The second-order valence-corrected chi connectivity index (χ2v) is 6.68. The van der Waals surface area contributed by atoms with Gasteiger partial charge in [0.15, 0.2) is 0 Å². The maximum Gasteiger partial charge on any atom is 0.255 e. The average molecular weight is 423 g/mol. The summed E-state index contributed by atoms with van der Waals surface area (Å²) in [6.45, 7) is 1.39. The topological polar surface area (TPSA) is 47.6 Å². The Kier molecular flexibility index (Phi) is 5.51. The van der Waals surface area contributed by atoms with Crippen LogP contribution in [0, 0.1) is 3.57 Å². The van der Waals surface area contributed by atoms with Gasteiger partial charge in [0.05, 0.1) is 6.10 Å². The van der Waals surface area contributed by atoms with Crippen molar-refractivity contribution in [3.8, 4) is 5.75 Å². The zero-order chi connectivity index (χ0) is 16.1. The lowest BCUT2D eigenvalue weighted by Gasteiger charge is -2.12. The van der Waals surface area contributed by atoms with E-state index in [0.717, 1.165) is 34.5 Å². The van der Waals surface area contributed by atoms with E-state index in [2.05, 4.69) is 27.9 Å². The number of nitrogens with one attached hydrogen (secondary N) is 1. The molecule has 5 heteroatoms. The minimum atomic E-state index is -0.127. The Morgan fingerprint density at radius 2 is 2.09 bits per heavy atom. The van der Waals surface area contributed by atoms with Crippen molar-refractivity contribution in [2.45, 2.75) is 18.9 Å². The second kappa shape index (κ2) is 7.79. The molecule has 2 aromatic rings. The van der Waals surface area contributed by atoms with Gasteiger partial charge >= 0.3 is 0 Å². The van der Waals surface area contributed by atoms with E-state index in [9.17, 15) is 4.79 Å². The maximum atomic E-state index is 12.2. The molecule has 0 aromatic heterocycles. The number of anilines is 1. The number of carbonyl (C=O) groups excluding carboxylic acids is 1. The summed E-state index contributed by atoms with van der Waals surface area (Å²) in [5.74, 6) is 0.629. The fourth-order valence-corrected chi connectivity index (χ4v) is 2.98. The van der Waals surface area contributed by atoms with Gasteiger partial charge in [-0.1, -0.05) is 6.07 Å². The molecule has 1 atom stereocenters. The lowest BCUT2D eigenvalue weighted by atomic mass is 10.2. The number of amides is 1. The molecule has 1 aliphatic heterocycles. The van der Waals surface area contributed by atoms with E-state index in [1.807, 2.05) is 36.4 Å². The fraction of sp³-hybridized carbons (Fsp3) is 0.278. The molecule has 4 nitrogen and oxygen atoms in total. The van der Waals surface area contributed by atoms with E-state index in [1.54, 1.807) is 12.1 Å². The monoisotopic (exact) mass is 423 g/mol. The summed E-state index contributed by atoms with van der Waals surface area (Å²) in [5, 5.41) is 2.89. The van der Waals surface area contributed by atoms with Gasteiger partial charge < -0.3 is 14.8 Å². The van der Waals surface area contributed by atoms with Crippen LogP contribution < -0.4 is 10.1 Å². The van der Waals surface area contributed by atoms with Crippen molar-refractivity contribution >= 4 is 34.2 Å². The Labute approximate surface area is 149 Å². The van der Waals surface area contributed by atoms with Crippen LogP contribution in [0.2, 0.25) is 0 Å². The number of hydrogen-bond donors (Lipinski definition) is 1. The zero-order valence-corrected chi connectivity index (χ0v) is 14.8. The van der Waals surface area contributed by atoms with Gasteiger partial charge in [0, 0.05) is 21.4 Å². The Hall–Kier alpha value is -1.60. The minimum Gasteiger partial charge on any atom is -0.491 e. The molecule has 1 saturated heterocycles. The van der Waals surface area contributed by atoms with Crippen molar-refractivity contribution in [1.82, 2.24) is 0 Å². The summed E-state index contributed by atoms with van der Waals surface area (Å²) in [6, 6.07) is 14.9. The molecule has 1 fully saturated rings. The Balaban J connectivity index is 1.56. The molecule has 1 aliphatic rings. The standard InChI is InChI=1S/C18H18INO3/c19-14-3-1-4-15(11-14)20-18(21)13-6-8-16(9-7-13)23-12-17-5-2-10-22-17/h1,3-4,6-9,11,17H,2,5,10,12H2,(H,20,21)/t17-/m1/s1. The largest absolute Gasteiger partial charge is 0.491 e. The number of halogens is 1. The van der Waals surface area contributed by atoms with Crippen LogP contribution in [-0.2, 0) is 4.74 Å². The molecule has 0 bridgehead atoms. The van der Waals surface area contributed by atoms with Gasteiger partial charge in [0.1, 0.15) is 12.4 Å². The van der Waals surface area contributed by atoms with Crippen molar-refractivity contribution in [2.24, 2.45) is 0 Å². The molecule has 120 valence electrons. The van der Waals surface area contributed by atoms with Crippen LogP contribution in [0.25, 0.3) is 0 Å². The molecule has 1 amide bonds. The molecular weight excluding hydrogens is 405 g/mol. The molecule has 23 heavy (non-hydrogen) atoms. The first-order chi connectivity index (χ1) is 11.2. The zero-order valence-electron chi connectivity index (χ0n) is 12.6. The summed E-state index contributed by atoms with van der Waals surface area (Å²) >= 11 is 2.22. The molecule has 0 aliphatic carbocycles. The van der Waals surface area contributed by atoms with Gasteiger partial charge in [0.2, 0.25) is 0 Å². The van der Waals surface area contributed by atoms with Crippen LogP contribution in [-0.4, -0.2) is 25.2 Å². The van der Waals surface area contributed by atoms with E-state index >= 15 is 0 Å². The minimum absolute atomic E-state index is 0.127. The molecule has 0 spiro atoms. The molecule has 1 N–H and O–H groups in total. The van der Waals surface area contributed by atoms with E-state index in [-0.39, 0.29) is 12.0 Å². The number of rotatable bonds is 5. The SMILES string of the molecule is O=C(Nc1cccc(I)c1)c1ccc(OC[C@H]2CCCO2)cc1. The van der Waals surface area contributed by atoms with Gasteiger partial charge in [-0.15, -0.1) is 0 Å². The predicted octanol–water partition coefficient (Wildman–Crippen LogP) is 4.10. The van der Waals surface area contributed by atoms with Gasteiger partial charge in [-0.3, -0.25) is 4.79 Å². The number of carbonyl (C=O) groups is 1. The summed E-state index contributed by atoms with van der Waals surface area (Å²) in [5.41, 5.74) is 1.40. The normalized spacial score (nSPS) is 17.0. The first kappa shape index (κ1) is 16.3. The maximum absolute atomic E-state index is 12.2. The summed E-state index contributed by atoms with van der Waals surface area (Å²) < 4.78 is 12.3. The van der Waals surface area contributed by atoms with Crippen molar-refractivity contribution in [3.05, 3.63) is 57.7 Å². The van der Waals surface area contributed by atoms with Crippen molar-refractivity contribution in [2.75, 3.05) is 18.5 Å². The highest BCUT2D eigenvalue weighted by atomic mass is 127. The number of hydrogen-bond acceptors (Lipinski definition) is 3. The van der Waals surface area contributed by atoms with Crippen LogP contribution >= 0.6 is 22.6 Å². The number of benzene rings is 2. The average Bonchev–Trinajstić information content (AvgIpc) is 3.07. The third kappa shape index (κ3) is 4.68. The lowest BCUT2D eigenvalue weighted by molar-refractivity contribution is 0.0679. The van der Waals surface area contributed by atoms with Gasteiger partial charge in [-0.25, -0.2) is 0 Å². The van der Waals surface area contributed by atoms with Crippen LogP contribution in [0.4, 0.5) is 5.69 Å². The Bertz CT molecular complexity index is 666. The predicted molar refractivity (Wildman–Crippen MR) is 98.0 cm³/mol. The molecule has 2 aromatic carbocycles. The molecule has 0 saturated carbocycles. The van der Waals surface area contributed by atoms with E-state index in [0.29, 0.717) is 12.2 Å². The molecule has 1 heterocycles. The third-order valence-corrected chi connectivity index (χ3v) is 4.33. The van der Waals surface area contributed by atoms with Crippen molar-refractivity contribution < 1.29 is 14.3 Å². The first-order valence-corrected chi connectivity index (χ1v) is 8.70.